The van der Waals surface area contributed by atoms with Crippen molar-refractivity contribution in [1.82, 2.24) is 5.32 Å². The summed E-state index contributed by atoms with van der Waals surface area (Å²) in [7, 11) is 1.27. The van der Waals surface area contributed by atoms with Crippen molar-refractivity contribution in [2.45, 2.75) is 31.7 Å². The first-order chi connectivity index (χ1) is 10.4. The van der Waals surface area contributed by atoms with E-state index in [9.17, 15) is 18.4 Å². The molecule has 2 rings (SSSR count). The van der Waals surface area contributed by atoms with E-state index in [2.05, 4.69) is 5.32 Å². The number of carbonyl (C=O) groups is 2. The van der Waals surface area contributed by atoms with Crippen LogP contribution in [0.25, 0.3) is 0 Å². The van der Waals surface area contributed by atoms with Crippen LogP contribution in [0.1, 0.15) is 36.0 Å². The normalized spacial score (nSPS) is 21.2. The summed E-state index contributed by atoms with van der Waals surface area (Å²) in [5.74, 6) is -4.43. The minimum atomic E-state index is -1.25. The third kappa shape index (κ3) is 3.35. The van der Waals surface area contributed by atoms with Crippen molar-refractivity contribution in [1.29, 1.82) is 0 Å². The van der Waals surface area contributed by atoms with Crippen LogP contribution < -0.4 is 10.1 Å². The molecule has 1 aliphatic rings. The molecule has 1 saturated carbocycles. The van der Waals surface area contributed by atoms with Crippen molar-refractivity contribution in [3.8, 4) is 5.75 Å². The number of carbonyl (C=O) groups excluding carboxylic acids is 1. The zero-order chi connectivity index (χ0) is 16.3. The van der Waals surface area contributed by atoms with E-state index < -0.39 is 35.0 Å². The third-order valence-electron chi connectivity index (χ3n) is 3.92. The van der Waals surface area contributed by atoms with Gasteiger partial charge >= 0.3 is 5.97 Å². The Hall–Kier alpha value is -2.18. The molecular formula is C15H17F2NO4. The Labute approximate surface area is 126 Å². The van der Waals surface area contributed by atoms with E-state index in [0.717, 1.165) is 6.07 Å². The Morgan fingerprint density at radius 3 is 2.41 bits per heavy atom. The molecular weight excluding hydrogens is 296 g/mol. The number of carboxylic acid groups (broad SMARTS) is 1. The molecule has 0 bridgehead atoms. The topological polar surface area (TPSA) is 75.6 Å². The van der Waals surface area contributed by atoms with Gasteiger partial charge in [0.05, 0.1) is 13.0 Å². The predicted molar refractivity (Wildman–Crippen MR) is 73.8 cm³/mol. The Kier molecular flexibility index (Phi) is 4.95. The average Bonchev–Trinajstić information content (AvgIpc) is 2.50. The quantitative estimate of drug-likeness (QED) is 0.894. The van der Waals surface area contributed by atoms with E-state index in [0.29, 0.717) is 25.7 Å². The fraction of sp³-hybridized carbons (Fsp3) is 0.467. The highest BCUT2D eigenvalue weighted by Crippen LogP contribution is 2.27. The van der Waals surface area contributed by atoms with Gasteiger partial charge in [0.2, 0.25) is 0 Å². The zero-order valence-corrected chi connectivity index (χ0v) is 12.1. The summed E-state index contributed by atoms with van der Waals surface area (Å²) >= 11 is 0. The maximum Gasteiger partial charge on any atom is 0.306 e. The second-order valence-electron chi connectivity index (χ2n) is 5.30. The van der Waals surface area contributed by atoms with Crippen molar-refractivity contribution in [2.75, 3.05) is 7.11 Å². The molecule has 5 nitrogen and oxygen atoms in total. The highest BCUT2D eigenvalue weighted by atomic mass is 19.2. The molecule has 0 atom stereocenters. The maximum atomic E-state index is 13.8. The lowest BCUT2D eigenvalue weighted by Crippen LogP contribution is -2.39. The molecule has 1 aromatic carbocycles. The van der Waals surface area contributed by atoms with E-state index in [4.69, 9.17) is 9.84 Å². The summed E-state index contributed by atoms with van der Waals surface area (Å²) in [5.41, 5.74) is -0.470. The minimum absolute atomic E-state index is 0.0457. The fourth-order valence-electron chi connectivity index (χ4n) is 2.66. The molecule has 0 unspecified atom stereocenters. The van der Waals surface area contributed by atoms with Crippen LogP contribution in [0.3, 0.4) is 0 Å². The number of rotatable bonds is 4. The van der Waals surface area contributed by atoms with Gasteiger partial charge in [0.15, 0.2) is 11.6 Å². The second kappa shape index (κ2) is 6.72. The number of aliphatic carboxylic acids is 1. The van der Waals surface area contributed by atoms with Crippen LogP contribution in [0.5, 0.6) is 5.75 Å². The standard InChI is InChI=1S/C15H17F2NO4/c1-22-11-7-6-10(16)13(17)12(11)14(19)18-9-4-2-8(3-5-9)15(20)21/h6-9H,2-5H2,1H3,(H,18,19)(H,20,21). The molecule has 0 heterocycles. The van der Waals surface area contributed by atoms with Crippen molar-refractivity contribution in [3.05, 3.63) is 29.3 Å². The van der Waals surface area contributed by atoms with Gasteiger partial charge in [-0.05, 0) is 37.8 Å². The summed E-state index contributed by atoms with van der Waals surface area (Å²) in [4.78, 5) is 23.0. The number of ether oxygens (including phenoxy) is 1. The number of carboxylic acids is 1. The number of methoxy groups -OCH3 is 1. The third-order valence-corrected chi connectivity index (χ3v) is 3.92. The molecule has 0 aromatic heterocycles. The molecule has 22 heavy (non-hydrogen) atoms. The van der Waals surface area contributed by atoms with Gasteiger partial charge in [0.1, 0.15) is 11.3 Å². The lowest BCUT2D eigenvalue weighted by molar-refractivity contribution is -0.142. The van der Waals surface area contributed by atoms with Gasteiger partial charge in [-0.3, -0.25) is 9.59 Å². The van der Waals surface area contributed by atoms with Gasteiger partial charge in [0, 0.05) is 6.04 Å². The van der Waals surface area contributed by atoms with E-state index >= 15 is 0 Å². The van der Waals surface area contributed by atoms with Crippen LogP contribution in [-0.4, -0.2) is 30.1 Å². The van der Waals surface area contributed by atoms with Crippen molar-refractivity contribution in [3.63, 3.8) is 0 Å². The first kappa shape index (κ1) is 16.2. The van der Waals surface area contributed by atoms with Crippen LogP contribution in [0.4, 0.5) is 8.78 Å². The van der Waals surface area contributed by atoms with Gasteiger partial charge in [-0.2, -0.15) is 0 Å². The number of nitrogens with one attached hydrogen (secondary N) is 1. The van der Waals surface area contributed by atoms with Crippen LogP contribution in [-0.2, 0) is 4.79 Å². The Morgan fingerprint density at radius 1 is 1.23 bits per heavy atom. The Balaban J connectivity index is 2.08. The van der Waals surface area contributed by atoms with E-state index in [1.807, 2.05) is 0 Å². The van der Waals surface area contributed by atoms with Gasteiger partial charge < -0.3 is 15.2 Å². The Bertz CT molecular complexity index is 583. The highest BCUT2D eigenvalue weighted by Gasteiger charge is 2.29. The van der Waals surface area contributed by atoms with Gasteiger partial charge in [-0.1, -0.05) is 0 Å². The maximum absolute atomic E-state index is 13.8. The molecule has 2 N–H and O–H groups in total. The summed E-state index contributed by atoms with van der Waals surface area (Å²) in [6.45, 7) is 0. The molecule has 120 valence electrons. The molecule has 1 amide bonds. The summed E-state index contributed by atoms with van der Waals surface area (Å²) < 4.78 is 32.0. The number of halogens is 2. The number of hydrogen-bond acceptors (Lipinski definition) is 3. The smallest absolute Gasteiger partial charge is 0.306 e. The zero-order valence-electron chi connectivity index (χ0n) is 12.1. The predicted octanol–water partition coefficient (Wildman–Crippen LogP) is 2.35. The number of amides is 1. The molecule has 0 saturated heterocycles. The van der Waals surface area contributed by atoms with Crippen LogP contribution in [0.2, 0.25) is 0 Å². The van der Waals surface area contributed by atoms with E-state index in [1.165, 1.54) is 13.2 Å². The largest absolute Gasteiger partial charge is 0.496 e. The van der Waals surface area contributed by atoms with Gasteiger partial charge in [-0.15, -0.1) is 0 Å². The molecule has 1 aliphatic carbocycles. The summed E-state index contributed by atoms with van der Waals surface area (Å²) in [6.07, 6.45) is 1.87. The fourth-order valence-corrected chi connectivity index (χ4v) is 2.66. The van der Waals surface area contributed by atoms with Crippen molar-refractivity contribution >= 4 is 11.9 Å². The van der Waals surface area contributed by atoms with Gasteiger partial charge in [0.25, 0.3) is 5.91 Å². The van der Waals surface area contributed by atoms with E-state index in [1.54, 1.807) is 0 Å². The molecule has 1 aromatic rings. The average molecular weight is 313 g/mol. The van der Waals surface area contributed by atoms with Gasteiger partial charge in [-0.25, -0.2) is 8.78 Å². The first-order valence-corrected chi connectivity index (χ1v) is 6.99. The first-order valence-electron chi connectivity index (χ1n) is 6.99. The SMILES string of the molecule is COc1ccc(F)c(F)c1C(=O)NC1CCC(C(=O)O)CC1. The molecule has 0 spiro atoms. The molecule has 7 heteroatoms. The second-order valence-corrected chi connectivity index (χ2v) is 5.30. The summed E-state index contributed by atoms with van der Waals surface area (Å²) in [6, 6.07) is 1.83. The van der Waals surface area contributed by atoms with Crippen LogP contribution in [0, 0.1) is 17.6 Å². The molecule has 1 fully saturated rings. The minimum Gasteiger partial charge on any atom is -0.496 e. The Morgan fingerprint density at radius 2 is 1.86 bits per heavy atom. The number of benzene rings is 1. The highest BCUT2D eigenvalue weighted by molar-refractivity contribution is 5.97. The van der Waals surface area contributed by atoms with Crippen LogP contribution in [0.15, 0.2) is 12.1 Å². The molecule has 0 radical (unpaired) electrons. The lowest BCUT2D eigenvalue weighted by Gasteiger charge is -2.27. The van der Waals surface area contributed by atoms with Crippen LogP contribution >= 0.6 is 0 Å². The number of hydrogen-bond donors (Lipinski definition) is 2. The molecule has 0 aliphatic heterocycles. The monoisotopic (exact) mass is 313 g/mol. The van der Waals surface area contributed by atoms with E-state index in [-0.39, 0.29) is 11.8 Å². The lowest BCUT2D eigenvalue weighted by atomic mass is 9.86. The van der Waals surface area contributed by atoms with Crippen molar-refractivity contribution in [2.24, 2.45) is 5.92 Å². The summed E-state index contributed by atoms with van der Waals surface area (Å²) in [5, 5.41) is 11.5. The van der Waals surface area contributed by atoms with Crippen molar-refractivity contribution < 1.29 is 28.2 Å².